The number of anilines is 1. The summed E-state index contributed by atoms with van der Waals surface area (Å²) in [5.41, 5.74) is -0.190. The van der Waals surface area contributed by atoms with E-state index in [1.54, 1.807) is 12.4 Å². The minimum absolute atomic E-state index is 0.154. The van der Waals surface area contributed by atoms with Gasteiger partial charge in [0.2, 0.25) is 5.95 Å². The first-order valence-corrected chi connectivity index (χ1v) is 8.82. The van der Waals surface area contributed by atoms with Gasteiger partial charge in [-0.15, -0.1) is 0 Å². The maximum Gasteiger partial charge on any atom is 0.251 e. The lowest BCUT2D eigenvalue weighted by Crippen LogP contribution is -2.58. The predicted molar refractivity (Wildman–Crippen MR) is 87.7 cm³/mol. The summed E-state index contributed by atoms with van der Waals surface area (Å²) in [4.78, 5) is 25.3. The third-order valence-electron chi connectivity index (χ3n) is 5.27. The number of hydrogen-bond acceptors (Lipinski definition) is 6. The largest absolute Gasteiger partial charge is 0.371 e. The van der Waals surface area contributed by atoms with Crippen molar-refractivity contribution in [3.8, 4) is 0 Å². The molecule has 0 radical (unpaired) electrons. The Bertz CT molecular complexity index is 568. The summed E-state index contributed by atoms with van der Waals surface area (Å²) in [6, 6.07) is 1.83. The molecule has 3 aliphatic heterocycles. The zero-order valence-corrected chi connectivity index (χ0v) is 13.9. The summed E-state index contributed by atoms with van der Waals surface area (Å²) in [7, 11) is 0. The molecule has 4 rings (SSSR count). The van der Waals surface area contributed by atoms with Gasteiger partial charge in [0.05, 0.1) is 18.8 Å². The molecule has 7 heteroatoms. The van der Waals surface area contributed by atoms with E-state index in [9.17, 15) is 4.79 Å². The van der Waals surface area contributed by atoms with Crippen molar-refractivity contribution in [3.05, 3.63) is 18.5 Å². The second-order valence-electron chi connectivity index (χ2n) is 6.83. The van der Waals surface area contributed by atoms with Crippen LogP contribution in [0, 0.1) is 0 Å². The summed E-state index contributed by atoms with van der Waals surface area (Å²) in [5.74, 6) is 0.916. The molecule has 0 N–H and O–H groups in total. The number of rotatable bonds is 2. The van der Waals surface area contributed by atoms with E-state index in [1.807, 2.05) is 11.0 Å². The van der Waals surface area contributed by atoms with Crippen LogP contribution in [0.5, 0.6) is 0 Å². The number of carbonyl (C=O) groups excluding carboxylic acids is 1. The molecule has 0 aromatic carbocycles. The Hall–Kier alpha value is -1.73. The van der Waals surface area contributed by atoms with Gasteiger partial charge in [-0.25, -0.2) is 9.97 Å². The van der Waals surface area contributed by atoms with Crippen molar-refractivity contribution in [1.29, 1.82) is 0 Å². The molecule has 1 spiro atoms. The molecule has 7 nitrogen and oxygen atoms in total. The fourth-order valence-corrected chi connectivity index (χ4v) is 3.88. The number of nitrogens with zero attached hydrogens (tertiary/aromatic N) is 4. The topological polar surface area (TPSA) is 67.8 Å². The lowest BCUT2D eigenvalue weighted by molar-refractivity contribution is -0.148. The Morgan fingerprint density at radius 2 is 1.96 bits per heavy atom. The number of amides is 1. The molecular weight excluding hydrogens is 308 g/mol. The van der Waals surface area contributed by atoms with E-state index in [0.717, 1.165) is 57.8 Å². The van der Waals surface area contributed by atoms with E-state index in [-0.39, 0.29) is 17.6 Å². The van der Waals surface area contributed by atoms with Crippen LogP contribution in [-0.2, 0) is 14.3 Å². The third-order valence-corrected chi connectivity index (χ3v) is 5.27. The van der Waals surface area contributed by atoms with Gasteiger partial charge < -0.3 is 19.3 Å². The Balaban J connectivity index is 1.38. The van der Waals surface area contributed by atoms with E-state index < -0.39 is 0 Å². The Morgan fingerprint density at radius 1 is 1.17 bits per heavy atom. The first-order valence-electron chi connectivity index (χ1n) is 8.82. The average Bonchev–Trinajstić information content (AvgIpc) is 3.17. The van der Waals surface area contributed by atoms with Gasteiger partial charge in [-0.05, 0) is 31.7 Å². The molecule has 1 amide bonds. The summed E-state index contributed by atoms with van der Waals surface area (Å²) >= 11 is 0. The number of piperidine rings is 1. The van der Waals surface area contributed by atoms with Crippen LogP contribution in [0.3, 0.4) is 0 Å². The van der Waals surface area contributed by atoms with Crippen molar-refractivity contribution in [3.63, 3.8) is 0 Å². The number of aromatic nitrogens is 2. The number of likely N-dealkylation sites (tertiary alicyclic amines) is 1. The van der Waals surface area contributed by atoms with Crippen LogP contribution >= 0.6 is 0 Å². The van der Waals surface area contributed by atoms with E-state index in [2.05, 4.69) is 14.9 Å². The Kier molecular flexibility index (Phi) is 4.37. The number of morpholine rings is 1. The minimum atomic E-state index is -0.222. The number of carbonyl (C=O) groups is 1. The van der Waals surface area contributed by atoms with Gasteiger partial charge >= 0.3 is 0 Å². The van der Waals surface area contributed by atoms with Crippen LogP contribution in [0.4, 0.5) is 5.95 Å². The first kappa shape index (κ1) is 15.8. The van der Waals surface area contributed by atoms with Crippen molar-refractivity contribution in [2.75, 3.05) is 44.3 Å². The van der Waals surface area contributed by atoms with E-state index in [1.165, 1.54) is 0 Å². The van der Waals surface area contributed by atoms with Gasteiger partial charge in [-0.3, -0.25) is 4.79 Å². The van der Waals surface area contributed by atoms with Crippen LogP contribution in [0.25, 0.3) is 0 Å². The smallest absolute Gasteiger partial charge is 0.251 e. The summed E-state index contributed by atoms with van der Waals surface area (Å²) in [5, 5.41) is 0. The first-order chi connectivity index (χ1) is 11.8. The lowest BCUT2D eigenvalue weighted by Gasteiger charge is -2.47. The van der Waals surface area contributed by atoms with Crippen LogP contribution < -0.4 is 4.90 Å². The predicted octanol–water partition coefficient (Wildman–Crippen LogP) is 0.853. The highest BCUT2D eigenvalue weighted by Crippen LogP contribution is 2.32. The van der Waals surface area contributed by atoms with E-state index >= 15 is 0 Å². The van der Waals surface area contributed by atoms with Gasteiger partial charge in [0.1, 0.15) is 6.10 Å². The molecule has 0 aliphatic carbocycles. The molecule has 24 heavy (non-hydrogen) atoms. The van der Waals surface area contributed by atoms with Gasteiger partial charge in [-0.1, -0.05) is 0 Å². The van der Waals surface area contributed by atoms with Crippen molar-refractivity contribution in [2.24, 2.45) is 0 Å². The molecule has 130 valence electrons. The zero-order chi connectivity index (χ0) is 16.4. The average molecular weight is 332 g/mol. The van der Waals surface area contributed by atoms with Crippen LogP contribution in [0.15, 0.2) is 18.5 Å². The molecule has 0 saturated carbocycles. The molecule has 3 saturated heterocycles. The van der Waals surface area contributed by atoms with Gasteiger partial charge in [0.25, 0.3) is 5.91 Å². The molecule has 1 aromatic rings. The van der Waals surface area contributed by atoms with Crippen molar-refractivity contribution < 1.29 is 14.3 Å². The second-order valence-corrected chi connectivity index (χ2v) is 6.83. The van der Waals surface area contributed by atoms with Crippen molar-refractivity contribution >= 4 is 11.9 Å². The van der Waals surface area contributed by atoms with E-state index in [4.69, 9.17) is 9.47 Å². The third kappa shape index (κ3) is 3.10. The number of ether oxygens (including phenoxy) is 2. The molecule has 1 atom stereocenters. The van der Waals surface area contributed by atoms with Crippen LogP contribution in [0.1, 0.15) is 25.7 Å². The SMILES string of the molecule is O=C([C@@H]1CCCO1)N1CCC2(CC1)CN(c1ncccn1)CCO2. The minimum Gasteiger partial charge on any atom is -0.371 e. The summed E-state index contributed by atoms with van der Waals surface area (Å²) in [6.07, 6.45) is 6.88. The van der Waals surface area contributed by atoms with Gasteiger partial charge in [0.15, 0.2) is 0 Å². The molecule has 3 fully saturated rings. The number of hydrogen-bond donors (Lipinski definition) is 0. The van der Waals surface area contributed by atoms with Crippen molar-refractivity contribution in [1.82, 2.24) is 14.9 Å². The van der Waals surface area contributed by atoms with Crippen molar-refractivity contribution in [2.45, 2.75) is 37.4 Å². The van der Waals surface area contributed by atoms with Gasteiger partial charge in [0, 0.05) is 38.6 Å². The Morgan fingerprint density at radius 3 is 2.67 bits per heavy atom. The molecule has 4 heterocycles. The highest BCUT2D eigenvalue weighted by molar-refractivity contribution is 5.81. The monoisotopic (exact) mass is 332 g/mol. The molecule has 0 unspecified atom stereocenters. The maximum absolute atomic E-state index is 12.5. The fraction of sp³-hybridized carbons (Fsp3) is 0.706. The maximum atomic E-state index is 12.5. The van der Waals surface area contributed by atoms with Crippen LogP contribution in [-0.4, -0.2) is 71.9 Å². The highest BCUT2D eigenvalue weighted by Gasteiger charge is 2.42. The second kappa shape index (κ2) is 6.64. The quantitative estimate of drug-likeness (QED) is 0.800. The van der Waals surface area contributed by atoms with Crippen LogP contribution in [0.2, 0.25) is 0 Å². The van der Waals surface area contributed by atoms with E-state index in [0.29, 0.717) is 13.2 Å². The van der Waals surface area contributed by atoms with Gasteiger partial charge in [-0.2, -0.15) is 0 Å². The fourth-order valence-electron chi connectivity index (χ4n) is 3.88. The molecule has 3 aliphatic rings. The molecule has 0 bridgehead atoms. The summed E-state index contributed by atoms with van der Waals surface area (Å²) < 4.78 is 11.7. The lowest BCUT2D eigenvalue weighted by atomic mass is 9.89. The Labute approximate surface area is 142 Å². The summed E-state index contributed by atoms with van der Waals surface area (Å²) in [6.45, 7) is 4.47. The standard InChI is InChI=1S/C17H24N4O3/c22-15(14-3-1-11-23-14)20-8-4-17(5-9-20)13-21(10-12-24-17)16-18-6-2-7-19-16/h2,6-7,14H,1,3-5,8-13H2/t14-/m0/s1. The normalized spacial score (nSPS) is 26.8. The molecular formula is C17H24N4O3. The zero-order valence-electron chi connectivity index (χ0n) is 13.9. The highest BCUT2D eigenvalue weighted by atomic mass is 16.5. The molecule has 1 aromatic heterocycles.